The largest absolute Gasteiger partial charge is 0.353 e. The van der Waals surface area contributed by atoms with E-state index in [0.29, 0.717) is 24.2 Å². The number of nitrogens with one attached hydrogen (secondary N) is 4. The quantitative estimate of drug-likeness (QED) is 0.219. The van der Waals surface area contributed by atoms with Crippen molar-refractivity contribution in [3.8, 4) is 11.3 Å². The molecule has 3 aromatic heterocycles. The Morgan fingerprint density at radius 2 is 1.62 bits per heavy atom. The molecule has 7 rings (SSSR count). The molecule has 1 amide bonds. The summed E-state index contributed by atoms with van der Waals surface area (Å²) in [4.78, 5) is 52.1. The standard InChI is InChI=1S/C35H44N6O3S/c1-20-13-21(2)15-22(14-20)31-24(7-8-40-9-11-41(12-10-40)19-23-16-30(42)38-34(44)36-23)26-17-29(45-33(26)39-31)35(3,4)18-27-25-5-6-28(27)37-32(25)43/h13-17,25,27-28,39H,5-12,18-19H2,1-4H3,(H,37,43)(H2,36,38,42,44). The highest BCUT2D eigenvalue weighted by molar-refractivity contribution is 7.18. The first kappa shape index (κ1) is 30.2. The maximum atomic E-state index is 12.4. The highest BCUT2D eigenvalue weighted by atomic mass is 32.1. The Hall–Kier alpha value is -3.47. The molecule has 2 aliphatic heterocycles. The van der Waals surface area contributed by atoms with E-state index < -0.39 is 5.69 Å². The maximum absolute atomic E-state index is 12.4. The van der Waals surface area contributed by atoms with Crippen LogP contribution in [0.25, 0.3) is 21.5 Å². The lowest BCUT2D eigenvalue weighted by molar-refractivity contribution is -0.124. The van der Waals surface area contributed by atoms with Gasteiger partial charge in [0, 0.05) is 73.3 Å². The molecule has 3 fully saturated rings. The van der Waals surface area contributed by atoms with Crippen LogP contribution >= 0.6 is 11.3 Å². The normalized spacial score (nSPS) is 22.5. The second-order valence-corrected chi connectivity index (χ2v) is 15.3. The van der Waals surface area contributed by atoms with Gasteiger partial charge in [-0.3, -0.25) is 19.5 Å². The summed E-state index contributed by atoms with van der Waals surface area (Å²) in [6.07, 6.45) is 4.13. The molecule has 4 N–H and O–H groups in total. The van der Waals surface area contributed by atoms with Crippen LogP contribution in [0.1, 0.15) is 60.4 Å². The molecule has 2 saturated heterocycles. The molecule has 238 valence electrons. The number of aryl methyl sites for hydroxylation is 2. The molecule has 10 heteroatoms. The highest BCUT2D eigenvalue weighted by Crippen LogP contribution is 2.47. The number of aromatic nitrogens is 3. The number of thiophene rings is 1. The van der Waals surface area contributed by atoms with Crippen LogP contribution in [0.15, 0.2) is 39.9 Å². The zero-order valence-corrected chi connectivity index (χ0v) is 27.5. The number of carbonyl (C=O) groups excluding carboxylic acids is 1. The molecule has 1 saturated carbocycles. The maximum Gasteiger partial charge on any atom is 0.325 e. The number of fused-ring (bicyclic) bond motifs is 3. The van der Waals surface area contributed by atoms with Crippen molar-refractivity contribution >= 4 is 27.5 Å². The van der Waals surface area contributed by atoms with Gasteiger partial charge in [-0.2, -0.15) is 0 Å². The number of rotatable bonds is 9. The second kappa shape index (κ2) is 11.7. The molecule has 3 unspecified atom stereocenters. The van der Waals surface area contributed by atoms with Gasteiger partial charge in [-0.15, -0.1) is 11.3 Å². The van der Waals surface area contributed by atoms with Crippen LogP contribution in [0.3, 0.4) is 0 Å². The minimum atomic E-state index is -0.453. The molecule has 9 nitrogen and oxygen atoms in total. The van der Waals surface area contributed by atoms with Gasteiger partial charge in [0.05, 0.1) is 5.69 Å². The number of piperidine rings is 1. The molecule has 3 aliphatic rings. The third kappa shape index (κ3) is 6.07. The average molecular weight is 629 g/mol. The second-order valence-electron chi connectivity index (χ2n) is 14.2. The number of benzene rings is 1. The van der Waals surface area contributed by atoms with Crippen molar-refractivity contribution < 1.29 is 4.79 Å². The van der Waals surface area contributed by atoms with Gasteiger partial charge in [-0.05, 0) is 80.2 Å². The van der Waals surface area contributed by atoms with Crippen molar-refractivity contribution in [2.24, 2.45) is 11.8 Å². The molecular weight excluding hydrogens is 584 g/mol. The predicted molar refractivity (Wildman–Crippen MR) is 180 cm³/mol. The lowest BCUT2D eigenvalue weighted by atomic mass is 9.78. The summed E-state index contributed by atoms with van der Waals surface area (Å²) in [5.74, 6) is 0.875. The first-order valence-electron chi connectivity index (χ1n) is 16.3. The molecule has 5 heterocycles. The molecule has 0 radical (unpaired) electrons. The van der Waals surface area contributed by atoms with Crippen LogP contribution in [0.2, 0.25) is 0 Å². The zero-order chi connectivity index (χ0) is 31.5. The van der Waals surface area contributed by atoms with E-state index in [1.807, 2.05) is 11.3 Å². The highest BCUT2D eigenvalue weighted by Gasteiger charge is 2.49. The predicted octanol–water partition coefficient (Wildman–Crippen LogP) is 4.44. The fourth-order valence-electron chi connectivity index (χ4n) is 8.11. The van der Waals surface area contributed by atoms with E-state index in [4.69, 9.17) is 0 Å². The summed E-state index contributed by atoms with van der Waals surface area (Å²) < 4.78 is 0. The third-order valence-corrected chi connectivity index (χ3v) is 11.8. The van der Waals surface area contributed by atoms with Gasteiger partial charge in [0.2, 0.25) is 5.91 Å². The number of carbonyl (C=O) groups is 1. The molecule has 1 aromatic carbocycles. The van der Waals surface area contributed by atoms with E-state index >= 15 is 0 Å². The number of piperazine rings is 1. The number of nitrogens with zero attached hydrogens (tertiary/aromatic N) is 2. The fraction of sp³-hybridized carbons (Fsp3) is 0.514. The number of hydrogen-bond donors (Lipinski definition) is 4. The van der Waals surface area contributed by atoms with E-state index in [1.165, 1.54) is 49.1 Å². The molecule has 1 aliphatic carbocycles. The van der Waals surface area contributed by atoms with Crippen LogP contribution < -0.4 is 16.6 Å². The van der Waals surface area contributed by atoms with E-state index in [0.717, 1.165) is 58.4 Å². The number of aromatic amines is 3. The fourth-order valence-corrected chi connectivity index (χ4v) is 9.31. The third-order valence-electron chi connectivity index (χ3n) is 10.4. The Morgan fingerprint density at radius 3 is 2.29 bits per heavy atom. The van der Waals surface area contributed by atoms with Crippen LogP contribution in [-0.2, 0) is 23.2 Å². The van der Waals surface area contributed by atoms with E-state index in [2.05, 4.69) is 82.0 Å². The number of amides is 1. The van der Waals surface area contributed by atoms with Gasteiger partial charge in [0.15, 0.2) is 0 Å². The molecule has 0 spiro atoms. The monoisotopic (exact) mass is 628 g/mol. The Labute approximate surface area is 267 Å². The van der Waals surface area contributed by atoms with Crippen LogP contribution in [0.5, 0.6) is 0 Å². The summed E-state index contributed by atoms with van der Waals surface area (Å²) in [7, 11) is 0. The number of hydrogen-bond acceptors (Lipinski definition) is 6. The lowest BCUT2D eigenvalue weighted by Gasteiger charge is -2.34. The molecule has 45 heavy (non-hydrogen) atoms. The van der Waals surface area contributed by atoms with Gasteiger partial charge in [-0.1, -0.05) is 31.0 Å². The van der Waals surface area contributed by atoms with Crippen molar-refractivity contribution in [2.75, 3.05) is 32.7 Å². The molecule has 4 aromatic rings. The summed E-state index contributed by atoms with van der Waals surface area (Å²) in [6.45, 7) is 14.2. The average Bonchev–Trinajstić information content (AvgIpc) is 3.71. The lowest BCUT2D eigenvalue weighted by Crippen LogP contribution is -2.46. The Bertz CT molecular complexity index is 1810. The van der Waals surface area contributed by atoms with Crippen molar-refractivity contribution in [3.63, 3.8) is 0 Å². The SMILES string of the molecule is Cc1cc(C)cc(-c2[nH]c3sc(C(C)(C)CC4C5CCC4C(=O)N5)cc3c2CCN2CCN(Cc3cc(=O)[nH]c(=O)[nH]3)CC2)c1. The Kier molecular flexibility index (Phi) is 7.86. The van der Waals surface area contributed by atoms with Gasteiger partial charge >= 0.3 is 5.69 Å². The van der Waals surface area contributed by atoms with Gasteiger partial charge < -0.3 is 20.2 Å². The van der Waals surface area contributed by atoms with Crippen LogP contribution in [-0.4, -0.2) is 69.4 Å². The first-order valence-corrected chi connectivity index (χ1v) is 17.2. The minimum Gasteiger partial charge on any atom is -0.353 e. The summed E-state index contributed by atoms with van der Waals surface area (Å²) >= 11 is 1.88. The smallest absolute Gasteiger partial charge is 0.325 e. The molecular formula is C35H44N6O3S. The number of H-pyrrole nitrogens is 3. The van der Waals surface area contributed by atoms with E-state index in [1.54, 1.807) is 0 Å². The van der Waals surface area contributed by atoms with E-state index in [-0.39, 0.29) is 22.8 Å². The summed E-state index contributed by atoms with van der Waals surface area (Å²) in [5.41, 5.74) is 6.23. The van der Waals surface area contributed by atoms with Crippen molar-refractivity contribution in [3.05, 3.63) is 78.4 Å². The summed E-state index contributed by atoms with van der Waals surface area (Å²) in [6, 6.07) is 11.1. The van der Waals surface area contributed by atoms with Crippen LogP contribution in [0.4, 0.5) is 0 Å². The van der Waals surface area contributed by atoms with Crippen LogP contribution in [0, 0.1) is 25.7 Å². The summed E-state index contributed by atoms with van der Waals surface area (Å²) in [5, 5.41) is 4.56. The van der Waals surface area contributed by atoms with Crippen molar-refractivity contribution in [2.45, 2.75) is 71.4 Å². The topological polar surface area (TPSA) is 117 Å². The minimum absolute atomic E-state index is 0.00998. The van der Waals surface area contributed by atoms with Crippen molar-refractivity contribution in [1.82, 2.24) is 30.1 Å². The van der Waals surface area contributed by atoms with E-state index in [9.17, 15) is 14.4 Å². The first-order chi connectivity index (χ1) is 21.5. The van der Waals surface area contributed by atoms with Crippen molar-refractivity contribution in [1.29, 1.82) is 0 Å². The Morgan fingerprint density at radius 1 is 0.889 bits per heavy atom. The van der Waals surface area contributed by atoms with Gasteiger partial charge in [0.1, 0.15) is 4.83 Å². The van der Waals surface area contributed by atoms with Gasteiger partial charge in [0.25, 0.3) is 5.56 Å². The molecule has 3 atom stereocenters. The molecule has 2 bridgehead atoms. The zero-order valence-electron chi connectivity index (χ0n) is 26.7. The van der Waals surface area contributed by atoms with Gasteiger partial charge in [-0.25, -0.2) is 4.79 Å². The Balaban J connectivity index is 1.10.